The Hall–Kier alpha value is -5.02. The van der Waals surface area contributed by atoms with Gasteiger partial charge in [-0.05, 0) is 83.9 Å². The van der Waals surface area contributed by atoms with Crippen LogP contribution in [0.15, 0.2) is 138 Å². The first-order valence-corrected chi connectivity index (χ1v) is 16.0. The summed E-state index contributed by atoms with van der Waals surface area (Å²) in [6.07, 6.45) is 1.59. The van der Waals surface area contributed by atoms with Crippen molar-refractivity contribution in [2.45, 2.75) is 10.1 Å². The van der Waals surface area contributed by atoms with Crippen molar-refractivity contribution in [3.8, 4) is 5.75 Å². The van der Waals surface area contributed by atoms with E-state index in [4.69, 9.17) is 27.9 Å². The SMILES string of the molecule is COc1ccc(/C=C(\NC(=O)c2ccccc2)C(=O)Nc2ccc(SC(C(=O)Nc3cc(Cl)cc(Cl)c3)c3ccccc3)cc2)cc1. The van der Waals surface area contributed by atoms with Crippen LogP contribution in [0, 0.1) is 0 Å². The molecule has 0 bridgehead atoms. The molecule has 236 valence electrons. The number of anilines is 2. The summed E-state index contributed by atoms with van der Waals surface area (Å²) in [6.45, 7) is 0. The second-order valence-corrected chi connectivity index (χ2v) is 12.2. The number of thioether (sulfide) groups is 1. The molecule has 0 aromatic heterocycles. The zero-order valence-corrected chi connectivity index (χ0v) is 27.4. The predicted molar refractivity (Wildman–Crippen MR) is 190 cm³/mol. The Morgan fingerprint density at radius 2 is 1.34 bits per heavy atom. The maximum Gasteiger partial charge on any atom is 0.272 e. The van der Waals surface area contributed by atoms with Gasteiger partial charge in [-0.1, -0.05) is 83.9 Å². The number of benzene rings is 5. The molecule has 0 aliphatic heterocycles. The number of hydrogen-bond donors (Lipinski definition) is 3. The fourth-order valence-electron chi connectivity index (χ4n) is 4.50. The summed E-state index contributed by atoms with van der Waals surface area (Å²) in [4.78, 5) is 40.7. The number of amides is 3. The Bertz CT molecular complexity index is 1870. The lowest BCUT2D eigenvalue weighted by Gasteiger charge is -2.18. The van der Waals surface area contributed by atoms with Crippen molar-refractivity contribution in [1.29, 1.82) is 0 Å². The Kier molecular flexibility index (Phi) is 11.4. The van der Waals surface area contributed by atoms with E-state index in [1.165, 1.54) is 11.8 Å². The minimum atomic E-state index is -0.596. The monoisotopic (exact) mass is 681 g/mol. The zero-order valence-electron chi connectivity index (χ0n) is 25.1. The second-order valence-electron chi connectivity index (χ2n) is 10.2. The van der Waals surface area contributed by atoms with Gasteiger partial charge in [0.25, 0.3) is 11.8 Å². The first-order chi connectivity index (χ1) is 22.8. The summed E-state index contributed by atoms with van der Waals surface area (Å²) >= 11 is 13.6. The van der Waals surface area contributed by atoms with Gasteiger partial charge in [-0.25, -0.2) is 0 Å². The molecule has 0 heterocycles. The molecule has 10 heteroatoms. The van der Waals surface area contributed by atoms with Crippen molar-refractivity contribution in [3.05, 3.63) is 160 Å². The van der Waals surface area contributed by atoms with Crippen LogP contribution in [0.1, 0.15) is 26.7 Å². The maximum atomic E-state index is 13.5. The number of halogens is 2. The van der Waals surface area contributed by atoms with Gasteiger partial charge in [-0.3, -0.25) is 14.4 Å². The largest absolute Gasteiger partial charge is 0.497 e. The average Bonchev–Trinajstić information content (AvgIpc) is 3.08. The van der Waals surface area contributed by atoms with Crippen LogP contribution in [-0.4, -0.2) is 24.8 Å². The van der Waals surface area contributed by atoms with Crippen LogP contribution in [0.4, 0.5) is 11.4 Å². The minimum Gasteiger partial charge on any atom is -0.497 e. The molecule has 1 atom stereocenters. The van der Waals surface area contributed by atoms with E-state index in [1.807, 2.05) is 48.5 Å². The fraction of sp³-hybridized carbons (Fsp3) is 0.0541. The molecule has 3 N–H and O–H groups in total. The molecule has 7 nitrogen and oxygen atoms in total. The lowest BCUT2D eigenvalue weighted by atomic mass is 10.1. The predicted octanol–water partition coefficient (Wildman–Crippen LogP) is 8.88. The lowest BCUT2D eigenvalue weighted by molar-refractivity contribution is -0.116. The van der Waals surface area contributed by atoms with Gasteiger partial charge >= 0.3 is 0 Å². The van der Waals surface area contributed by atoms with Crippen molar-refractivity contribution < 1.29 is 19.1 Å². The van der Waals surface area contributed by atoms with Crippen LogP contribution in [0.25, 0.3) is 6.08 Å². The third-order valence-electron chi connectivity index (χ3n) is 6.79. The number of carbonyl (C=O) groups excluding carboxylic acids is 3. The maximum absolute atomic E-state index is 13.5. The Balaban J connectivity index is 1.33. The second kappa shape index (κ2) is 16.0. The van der Waals surface area contributed by atoms with Crippen molar-refractivity contribution in [2.75, 3.05) is 17.7 Å². The van der Waals surface area contributed by atoms with Crippen LogP contribution in [0.2, 0.25) is 10.0 Å². The number of carbonyl (C=O) groups is 3. The molecule has 0 spiro atoms. The smallest absolute Gasteiger partial charge is 0.272 e. The highest BCUT2D eigenvalue weighted by atomic mass is 35.5. The third-order valence-corrected chi connectivity index (χ3v) is 8.49. The van der Waals surface area contributed by atoms with Crippen LogP contribution >= 0.6 is 35.0 Å². The molecular weight excluding hydrogens is 653 g/mol. The summed E-state index contributed by atoms with van der Waals surface area (Å²) in [5, 5.41) is 8.74. The summed E-state index contributed by atoms with van der Waals surface area (Å²) in [5.41, 5.74) is 2.97. The normalized spacial score (nSPS) is 11.7. The standard InChI is InChI=1S/C37H29Cl2N3O4S/c1-46-31-16-12-24(13-17-31)20-33(42-35(43)26-10-6-3-7-11-26)36(44)40-29-14-18-32(19-15-29)47-34(25-8-4-2-5-9-25)37(45)41-30-22-27(38)21-28(39)23-30/h2-23,34H,1H3,(H,40,44)(H,41,45)(H,42,43)/b33-20-. The van der Waals surface area contributed by atoms with Crippen molar-refractivity contribution in [3.63, 3.8) is 0 Å². The highest BCUT2D eigenvalue weighted by Crippen LogP contribution is 2.37. The lowest BCUT2D eigenvalue weighted by Crippen LogP contribution is -2.30. The third kappa shape index (κ3) is 9.50. The first-order valence-electron chi connectivity index (χ1n) is 14.4. The van der Waals surface area contributed by atoms with Gasteiger partial charge in [0, 0.05) is 31.9 Å². The molecule has 0 aliphatic carbocycles. The van der Waals surface area contributed by atoms with Crippen LogP contribution in [0.3, 0.4) is 0 Å². The van der Waals surface area contributed by atoms with Gasteiger partial charge in [0.15, 0.2) is 0 Å². The highest BCUT2D eigenvalue weighted by Gasteiger charge is 2.23. The Morgan fingerprint density at radius 1 is 0.723 bits per heavy atom. The molecule has 1 unspecified atom stereocenters. The van der Waals surface area contributed by atoms with E-state index in [2.05, 4.69) is 16.0 Å². The first kappa shape index (κ1) is 33.3. The molecular formula is C37H29Cl2N3O4S. The molecule has 5 aromatic rings. The van der Waals surface area contributed by atoms with E-state index in [-0.39, 0.29) is 11.6 Å². The van der Waals surface area contributed by atoms with E-state index in [0.717, 1.165) is 10.5 Å². The van der Waals surface area contributed by atoms with Gasteiger partial charge in [0.1, 0.15) is 16.7 Å². The number of rotatable bonds is 11. The molecule has 0 saturated carbocycles. The van der Waals surface area contributed by atoms with Crippen molar-refractivity contribution >= 4 is 70.1 Å². The van der Waals surface area contributed by atoms with Gasteiger partial charge in [0.2, 0.25) is 5.91 Å². The van der Waals surface area contributed by atoms with E-state index in [1.54, 1.807) is 92.0 Å². The van der Waals surface area contributed by atoms with E-state index >= 15 is 0 Å². The van der Waals surface area contributed by atoms with Gasteiger partial charge in [-0.2, -0.15) is 0 Å². The molecule has 5 rings (SSSR count). The van der Waals surface area contributed by atoms with E-state index in [9.17, 15) is 14.4 Å². The summed E-state index contributed by atoms with van der Waals surface area (Å²) in [6, 6.07) is 37.1. The zero-order chi connectivity index (χ0) is 33.2. The van der Waals surface area contributed by atoms with Crippen molar-refractivity contribution in [1.82, 2.24) is 5.32 Å². The number of hydrogen-bond acceptors (Lipinski definition) is 5. The van der Waals surface area contributed by atoms with Crippen LogP contribution < -0.4 is 20.7 Å². The van der Waals surface area contributed by atoms with Crippen LogP contribution in [0.5, 0.6) is 5.75 Å². The molecule has 0 radical (unpaired) electrons. The molecule has 47 heavy (non-hydrogen) atoms. The highest BCUT2D eigenvalue weighted by molar-refractivity contribution is 8.00. The average molecular weight is 683 g/mol. The van der Waals surface area contributed by atoms with Crippen molar-refractivity contribution in [2.24, 2.45) is 0 Å². The fourth-order valence-corrected chi connectivity index (χ4v) is 6.05. The Labute approximate surface area is 287 Å². The summed E-state index contributed by atoms with van der Waals surface area (Å²) in [5.74, 6) is -0.510. The molecule has 5 aromatic carbocycles. The van der Waals surface area contributed by atoms with Gasteiger partial charge in [0.05, 0.1) is 7.11 Å². The van der Waals surface area contributed by atoms with E-state index in [0.29, 0.717) is 38.3 Å². The van der Waals surface area contributed by atoms with Gasteiger partial charge in [-0.15, -0.1) is 11.8 Å². The molecule has 0 saturated heterocycles. The minimum absolute atomic E-state index is 0.0596. The number of ether oxygens (including phenoxy) is 1. The summed E-state index contributed by atoms with van der Waals surface area (Å²) in [7, 11) is 1.57. The summed E-state index contributed by atoms with van der Waals surface area (Å²) < 4.78 is 5.23. The topological polar surface area (TPSA) is 96.5 Å². The van der Waals surface area contributed by atoms with E-state index < -0.39 is 17.1 Å². The molecule has 0 aliphatic rings. The Morgan fingerprint density at radius 3 is 1.96 bits per heavy atom. The molecule has 3 amide bonds. The quantitative estimate of drug-likeness (QED) is 0.0956. The van der Waals surface area contributed by atoms with Gasteiger partial charge < -0.3 is 20.7 Å². The molecule has 0 fully saturated rings. The van der Waals surface area contributed by atoms with Crippen LogP contribution in [-0.2, 0) is 9.59 Å². The number of nitrogens with one attached hydrogen (secondary N) is 3. The number of methoxy groups -OCH3 is 1.